The van der Waals surface area contributed by atoms with Crippen LogP contribution in [0.2, 0.25) is 0 Å². The highest BCUT2D eigenvalue weighted by Crippen LogP contribution is 2.20. The van der Waals surface area contributed by atoms with Crippen LogP contribution in [-0.4, -0.2) is 16.4 Å². The molecule has 0 aliphatic carbocycles. The van der Waals surface area contributed by atoms with Gasteiger partial charge in [-0.15, -0.1) is 0 Å². The first-order valence-electron chi connectivity index (χ1n) is 8.64. The van der Waals surface area contributed by atoms with Gasteiger partial charge in [0.15, 0.2) is 0 Å². The molecule has 0 bridgehead atoms. The maximum Gasteiger partial charge on any atom is 0.338 e. The second-order valence-electron chi connectivity index (χ2n) is 6.19. The van der Waals surface area contributed by atoms with E-state index in [1.54, 1.807) is 41.1 Å². The van der Waals surface area contributed by atoms with Crippen LogP contribution in [0.1, 0.15) is 26.3 Å². The van der Waals surface area contributed by atoms with Gasteiger partial charge >= 0.3 is 5.97 Å². The third-order valence-corrected chi connectivity index (χ3v) is 4.38. The zero-order chi connectivity index (χ0) is 18.6. The van der Waals surface area contributed by atoms with E-state index in [0.29, 0.717) is 11.1 Å². The van der Waals surface area contributed by atoms with Crippen LogP contribution in [0.3, 0.4) is 0 Å². The van der Waals surface area contributed by atoms with Crippen molar-refractivity contribution in [3.8, 4) is 0 Å². The lowest BCUT2D eigenvalue weighted by Crippen LogP contribution is -2.10. The van der Waals surface area contributed by atoms with Gasteiger partial charge in [-0.3, -0.25) is 9.36 Å². The predicted molar refractivity (Wildman–Crippen MR) is 104 cm³/mol. The number of carbonyl (C=O) groups excluding carboxylic acids is 2. The standard InChI is InChI=1S/C23H17NO3/c25-22(18-9-5-2-6-10-18)24-14-13-19-15-20(11-12-21(19)24)23(26)27-16-17-7-3-1-4-8-17/h1-15H,16H2. The van der Waals surface area contributed by atoms with E-state index in [2.05, 4.69) is 0 Å². The lowest BCUT2D eigenvalue weighted by molar-refractivity contribution is 0.0473. The lowest BCUT2D eigenvalue weighted by atomic mass is 10.1. The van der Waals surface area contributed by atoms with Crippen molar-refractivity contribution in [1.29, 1.82) is 0 Å². The van der Waals surface area contributed by atoms with Crippen LogP contribution in [0, 0.1) is 0 Å². The molecular formula is C23H17NO3. The second kappa shape index (κ2) is 7.30. The van der Waals surface area contributed by atoms with Crippen molar-refractivity contribution >= 4 is 22.8 Å². The summed E-state index contributed by atoms with van der Waals surface area (Å²) in [6.45, 7) is 0.227. The van der Waals surface area contributed by atoms with Crippen molar-refractivity contribution in [2.75, 3.05) is 0 Å². The monoisotopic (exact) mass is 355 g/mol. The van der Waals surface area contributed by atoms with E-state index in [-0.39, 0.29) is 18.5 Å². The van der Waals surface area contributed by atoms with E-state index in [1.807, 2.05) is 54.6 Å². The third-order valence-electron chi connectivity index (χ3n) is 4.38. The molecule has 0 saturated carbocycles. The summed E-state index contributed by atoms with van der Waals surface area (Å²) in [4.78, 5) is 25.0. The van der Waals surface area contributed by atoms with Gasteiger partial charge in [-0.25, -0.2) is 4.79 Å². The Morgan fingerprint density at radius 2 is 1.48 bits per heavy atom. The molecule has 4 nitrogen and oxygen atoms in total. The van der Waals surface area contributed by atoms with Crippen molar-refractivity contribution in [1.82, 2.24) is 4.57 Å². The summed E-state index contributed by atoms with van der Waals surface area (Å²) in [5.41, 5.74) is 2.76. The number of hydrogen-bond acceptors (Lipinski definition) is 3. The largest absolute Gasteiger partial charge is 0.457 e. The Hall–Kier alpha value is -3.66. The summed E-state index contributed by atoms with van der Waals surface area (Å²) in [6, 6.07) is 25.7. The summed E-state index contributed by atoms with van der Waals surface area (Å²) in [5.74, 6) is -0.493. The van der Waals surface area contributed by atoms with E-state index >= 15 is 0 Å². The van der Waals surface area contributed by atoms with Crippen LogP contribution >= 0.6 is 0 Å². The molecule has 0 unspecified atom stereocenters. The number of esters is 1. The second-order valence-corrected chi connectivity index (χ2v) is 6.19. The highest BCUT2D eigenvalue weighted by atomic mass is 16.5. The highest BCUT2D eigenvalue weighted by molar-refractivity contribution is 6.03. The number of fused-ring (bicyclic) bond motifs is 1. The molecule has 0 aliphatic rings. The molecule has 0 spiro atoms. The summed E-state index contributed by atoms with van der Waals surface area (Å²) < 4.78 is 6.96. The zero-order valence-electron chi connectivity index (χ0n) is 14.5. The minimum absolute atomic E-state index is 0.106. The molecule has 0 aliphatic heterocycles. The van der Waals surface area contributed by atoms with E-state index in [1.165, 1.54) is 0 Å². The Bertz CT molecular complexity index is 1100. The van der Waals surface area contributed by atoms with E-state index in [0.717, 1.165) is 16.5 Å². The summed E-state index contributed by atoms with van der Waals surface area (Å²) in [5, 5.41) is 0.813. The lowest BCUT2D eigenvalue weighted by Gasteiger charge is -2.07. The molecule has 1 heterocycles. The molecule has 0 radical (unpaired) electrons. The van der Waals surface area contributed by atoms with Gasteiger partial charge < -0.3 is 4.74 Å². The number of carbonyl (C=O) groups is 2. The van der Waals surface area contributed by atoms with Gasteiger partial charge in [0.05, 0.1) is 11.1 Å². The van der Waals surface area contributed by atoms with Crippen molar-refractivity contribution in [2.24, 2.45) is 0 Å². The number of benzene rings is 3. The molecule has 0 N–H and O–H groups in total. The van der Waals surface area contributed by atoms with Crippen molar-refractivity contribution in [3.05, 3.63) is 108 Å². The Morgan fingerprint density at radius 1 is 0.778 bits per heavy atom. The minimum Gasteiger partial charge on any atom is -0.457 e. The fourth-order valence-corrected chi connectivity index (χ4v) is 2.97. The van der Waals surface area contributed by atoms with Crippen LogP contribution in [0.5, 0.6) is 0 Å². The Labute approximate surface area is 156 Å². The topological polar surface area (TPSA) is 48.3 Å². The first-order valence-corrected chi connectivity index (χ1v) is 8.64. The smallest absolute Gasteiger partial charge is 0.338 e. The van der Waals surface area contributed by atoms with Crippen LogP contribution < -0.4 is 0 Å². The Balaban J connectivity index is 1.55. The van der Waals surface area contributed by atoms with E-state index in [9.17, 15) is 9.59 Å². The quantitative estimate of drug-likeness (QED) is 0.499. The van der Waals surface area contributed by atoms with Crippen LogP contribution in [-0.2, 0) is 11.3 Å². The third kappa shape index (κ3) is 3.51. The normalized spacial score (nSPS) is 10.7. The molecule has 132 valence electrons. The van der Waals surface area contributed by atoms with Gasteiger partial charge in [-0.05, 0) is 42.0 Å². The van der Waals surface area contributed by atoms with Crippen molar-refractivity contribution in [3.63, 3.8) is 0 Å². The molecule has 3 aromatic carbocycles. The summed E-state index contributed by atoms with van der Waals surface area (Å²) in [7, 11) is 0. The zero-order valence-corrected chi connectivity index (χ0v) is 14.5. The Kier molecular flexibility index (Phi) is 4.54. The number of hydrogen-bond donors (Lipinski definition) is 0. The fourth-order valence-electron chi connectivity index (χ4n) is 2.97. The van der Waals surface area contributed by atoms with Crippen molar-refractivity contribution in [2.45, 2.75) is 6.61 Å². The first kappa shape index (κ1) is 16.8. The minimum atomic E-state index is -0.386. The fraction of sp³-hybridized carbons (Fsp3) is 0.0435. The van der Waals surface area contributed by atoms with Crippen LogP contribution in [0.15, 0.2) is 91.1 Å². The van der Waals surface area contributed by atoms with Crippen molar-refractivity contribution < 1.29 is 14.3 Å². The number of ether oxygens (including phenoxy) is 1. The molecular weight excluding hydrogens is 338 g/mol. The van der Waals surface area contributed by atoms with E-state index < -0.39 is 0 Å². The molecule has 27 heavy (non-hydrogen) atoms. The molecule has 4 rings (SSSR count). The Morgan fingerprint density at radius 3 is 2.22 bits per heavy atom. The molecule has 0 saturated heterocycles. The van der Waals surface area contributed by atoms with Gasteiger partial charge in [-0.2, -0.15) is 0 Å². The molecule has 1 aromatic heterocycles. The number of rotatable bonds is 4. The number of aromatic nitrogens is 1. The molecule has 4 heteroatoms. The predicted octanol–water partition coefficient (Wildman–Crippen LogP) is 4.69. The molecule has 0 fully saturated rings. The van der Waals surface area contributed by atoms with Gasteiger partial charge in [0.2, 0.25) is 0 Å². The summed E-state index contributed by atoms with van der Waals surface area (Å²) >= 11 is 0. The average Bonchev–Trinajstić information content (AvgIpc) is 3.16. The average molecular weight is 355 g/mol. The van der Waals surface area contributed by atoms with Crippen LogP contribution in [0.25, 0.3) is 10.9 Å². The molecule has 0 atom stereocenters. The summed E-state index contributed by atoms with van der Waals surface area (Å²) in [6.07, 6.45) is 1.72. The SMILES string of the molecule is O=C(OCc1ccccc1)c1ccc2c(ccn2C(=O)c2ccccc2)c1. The van der Waals surface area contributed by atoms with Gasteiger partial charge in [-0.1, -0.05) is 48.5 Å². The number of nitrogens with zero attached hydrogens (tertiary/aromatic N) is 1. The maximum atomic E-state index is 12.7. The van der Waals surface area contributed by atoms with Gasteiger partial charge in [0.1, 0.15) is 6.61 Å². The van der Waals surface area contributed by atoms with E-state index in [4.69, 9.17) is 4.74 Å². The van der Waals surface area contributed by atoms with Gasteiger partial charge in [0, 0.05) is 17.1 Å². The van der Waals surface area contributed by atoms with Crippen LogP contribution in [0.4, 0.5) is 0 Å². The highest BCUT2D eigenvalue weighted by Gasteiger charge is 2.14. The molecule has 0 amide bonds. The first-order chi connectivity index (χ1) is 13.2. The van der Waals surface area contributed by atoms with Gasteiger partial charge in [0.25, 0.3) is 5.91 Å². The maximum absolute atomic E-state index is 12.7. The molecule has 4 aromatic rings.